The van der Waals surface area contributed by atoms with Crippen LogP contribution in [0.25, 0.3) is 21.2 Å². The third kappa shape index (κ3) is 3.07. The molecule has 1 saturated heterocycles. The molecule has 24 heavy (non-hydrogen) atoms. The van der Waals surface area contributed by atoms with Crippen LogP contribution in [0.5, 0.6) is 0 Å². The largest absolute Gasteiger partial charge is 0.347 e. The van der Waals surface area contributed by atoms with Crippen molar-refractivity contribution in [3.05, 3.63) is 59.5 Å². The molecule has 1 aliphatic heterocycles. The Bertz CT molecular complexity index is 850. The number of benzene rings is 2. The summed E-state index contributed by atoms with van der Waals surface area (Å²) in [6.07, 6.45) is 2.18. The van der Waals surface area contributed by atoms with E-state index < -0.39 is 0 Å². The zero-order chi connectivity index (χ0) is 16.4. The Morgan fingerprint density at radius 3 is 2.79 bits per heavy atom. The first-order valence-corrected chi connectivity index (χ1v) is 9.22. The molecule has 3 nitrogen and oxygen atoms in total. The minimum atomic E-state index is 0.0453. The lowest BCUT2D eigenvalue weighted by Crippen LogP contribution is -2.45. The predicted octanol–water partition coefficient (Wildman–Crippen LogP) is 4.05. The minimum Gasteiger partial charge on any atom is -0.347 e. The number of rotatable bonds is 3. The van der Waals surface area contributed by atoms with Gasteiger partial charge in [0.05, 0.1) is 4.88 Å². The molecular formula is C20H20N2OS. The molecule has 1 aliphatic rings. The van der Waals surface area contributed by atoms with Crippen LogP contribution < -0.4 is 10.6 Å². The lowest BCUT2D eigenvalue weighted by atomic mass is 10.0. The van der Waals surface area contributed by atoms with E-state index in [1.54, 1.807) is 11.3 Å². The zero-order valence-corrected chi connectivity index (χ0v) is 14.2. The fourth-order valence-corrected chi connectivity index (χ4v) is 4.35. The Morgan fingerprint density at radius 2 is 2.00 bits per heavy atom. The summed E-state index contributed by atoms with van der Waals surface area (Å²) in [5.74, 6) is 0.0453. The average Bonchev–Trinajstić information content (AvgIpc) is 3.08. The van der Waals surface area contributed by atoms with E-state index in [9.17, 15) is 4.79 Å². The highest BCUT2D eigenvalue weighted by Crippen LogP contribution is 2.34. The Kier molecular flexibility index (Phi) is 4.32. The molecule has 2 aromatic carbocycles. The highest BCUT2D eigenvalue weighted by atomic mass is 32.1. The van der Waals surface area contributed by atoms with Crippen LogP contribution in [0.15, 0.2) is 54.6 Å². The van der Waals surface area contributed by atoms with Crippen LogP contribution in [-0.2, 0) is 0 Å². The van der Waals surface area contributed by atoms with Gasteiger partial charge in [0.15, 0.2) is 0 Å². The van der Waals surface area contributed by atoms with E-state index in [0.29, 0.717) is 0 Å². The van der Waals surface area contributed by atoms with Gasteiger partial charge in [0, 0.05) is 17.3 Å². The van der Waals surface area contributed by atoms with Gasteiger partial charge < -0.3 is 10.6 Å². The Morgan fingerprint density at radius 1 is 1.12 bits per heavy atom. The summed E-state index contributed by atoms with van der Waals surface area (Å²) < 4.78 is 1.18. The molecule has 2 heterocycles. The fourth-order valence-electron chi connectivity index (χ4n) is 3.25. The van der Waals surface area contributed by atoms with Crippen molar-refractivity contribution in [1.82, 2.24) is 10.6 Å². The quantitative estimate of drug-likeness (QED) is 0.757. The number of carbonyl (C=O) groups excluding carboxylic acids is 1. The lowest BCUT2D eigenvalue weighted by Gasteiger charge is -2.23. The third-order valence-electron chi connectivity index (χ3n) is 4.48. The predicted molar refractivity (Wildman–Crippen MR) is 101 cm³/mol. The van der Waals surface area contributed by atoms with E-state index >= 15 is 0 Å². The number of fused-ring (bicyclic) bond motifs is 1. The summed E-state index contributed by atoms with van der Waals surface area (Å²) in [4.78, 5) is 13.4. The number of carbonyl (C=O) groups is 1. The molecule has 0 unspecified atom stereocenters. The standard InChI is InChI=1S/C20H20N2OS/c23-20(22-16-9-5-11-21-13-16)18-12-15-8-4-10-17(19(15)24-18)14-6-2-1-3-7-14/h1-4,6-8,10,12,16,21H,5,9,11,13H2,(H,22,23)/t16-/m1/s1. The maximum atomic E-state index is 12.6. The third-order valence-corrected chi connectivity index (χ3v) is 5.67. The summed E-state index contributed by atoms with van der Waals surface area (Å²) in [6, 6.07) is 18.9. The average molecular weight is 336 g/mol. The molecule has 1 atom stereocenters. The van der Waals surface area contributed by atoms with Crippen molar-refractivity contribution < 1.29 is 4.79 Å². The maximum absolute atomic E-state index is 12.6. The molecule has 1 amide bonds. The van der Waals surface area contributed by atoms with Crippen molar-refractivity contribution in [2.75, 3.05) is 13.1 Å². The lowest BCUT2D eigenvalue weighted by molar-refractivity contribution is 0.0935. The maximum Gasteiger partial charge on any atom is 0.261 e. The summed E-state index contributed by atoms with van der Waals surface area (Å²) in [5, 5.41) is 7.63. The molecule has 3 aromatic rings. The van der Waals surface area contributed by atoms with E-state index in [4.69, 9.17) is 0 Å². The van der Waals surface area contributed by atoms with Crippen LogP contribution in [-0.4, -0.2) is 25.0 Å². The molecule has 122 valence electrons. The van der Waals surface area contributed by atoms with Gasteiger partial charge in [0.25, 0.3) is 5.91 Å². The van der Waals surface area contributed by atoms with Crippen molar-refractivity contribution in [3.63, 3.8) is 0 Å². The van der Waals surface area contributed by atoms with E-state index in [1.807, 2.05) is 24.3 Å². The van der Waals surface area contributed by atoms with Crippen molar-refractivity contribution in [3.8, 4) is 11.1 Å². The number of thiophene rings is 1. The zero-order valence-electron chi connectivity index (χ0n) is 13.4. The van der Waals surface area contributed by atoms with Crippen LogP contribution in [0.3, 0.4) is 0 Å². The molecule has 2 N–H and O–H groups in total. The number of nitrogens with one attached hydrogen (secondary N) is 2. The topological polar surface area (TPSA) is 41.1 Å². The molecule has 0 radical (unpaired) electrons. The van der Waals surface area contributed by atoms with Crippen LogP contribution in [0.1, 0.15) is 22.5 Å². The molecule has 0 saturated carbocycles. The van der Waals surface area contributed by atoms with Crippen LogP contribution in [0.4, 0.5) is 0 Å². The summed E-state index contributed by atoms with van der Waals surface area (Å²) in [6.45, 7) is 1.92. The molecule has 1 fully saturated rings. The van der Waals surface area contributed by atoms with E-state index in [2.05, 4.69) is 41.0 Å². The van der Waals surface area contributed by atoms with Crippen LogP contribution in [0, 0.1) is 0 Å². The second kappa shape index (κ2) is 6.75. The first-order valence-electron chi connectivity index (χ1n) is 8.41. The summed E-state index contributed by atoms with van der Waals surface area (Å²) in [7, 11) is 0. The second-order valence-corrected chi connectivity index (χ2v) is 7.27. The smallest absolute Gasteiger partial charge is 0.261 e. The fraction of sp³-hybridized carbons (Fsp3) is 0.250. The highest BCUT2D eigenvalue weighted by Gasteiger charge is 2.18. The molecule has 0 spiro atoms. The van der Waals surface area contributed by atoms with Crippen molar-refractivity contribution in [2.24, 2.45) is 0 Å². The van der Waals surface area contributed by atoms with Crippen molar-refractivity contribution >= 4 is 27.3 Å². The van der Waals surface area contributed by atoms with Crippen molar-refractivity contribution in [1.29, 1.82) is 0 Å². The normalized spacial score (nSPS) is 17.8. The first-order chi connectivity index (χ1) is 11.8. The Labute approximate surface area is 145 Å². The van der Waals surface area contributed by atoms with E-state index in [1.165, 1.54) is 15.8 Å². The molecule has 4 heteroatoms. The number of amides is 1. The monoisotopic (exact) mass is 336 g/mol. The number of hydrogen-bond donors (Lipinski definition) is 2. The molecule has 1 aromatic heterocycles. The van der Waals surface area contributed by atoms with Gasteiger partial charge in [-0.15, -0.1) is 11.3 Å². The highest BCUT2D eigenvalue weighted by molar-refractivity contribution is 7.21. The van der Waals surface area contributed by atoms with Crippen LogP contribution >= 0.6 is 11.3 Å². The van der Waals surface area contributed by atoms with Gasteiger partial charge in [-0.05, 0) is 42.0 Å². The van der Waals surface area contributed by atoms with Gasteiger partial charge in [-0.2, -0.15) is 0 Å². The van der Waals surface area contributed by atoms with Gasteiger partial charge in [0.2, 0.25) is 0 Å². The molecule has 4 rings (SSSR count). The van der Waals surface area contributed by atoms with Gasteiger partial charge in [-0.25, -0.2) is 0 Å². The van der Waals surface area contributed by atoms with Gasteiger partial charge in [-0.3, -0.25) is 4.79 Å². The molecule has 0 bridgehead atoms. The number of hydrogen-bond acceptors (Lipinski definition) is 3. The SMILES string of the molecule is O=C(N[C@@H]1CCCNC1)c1cc2cccc(-c3ccccc3)c2s1. The number of piperidine rings is 1. The van der Waals surface area contributed by atoms with Gasteiger partial charge in [0.1, 0.15) is 0 Å². The van der Waals surface area contributed by atoms with E-state index in [-0.39, 0.29) is 11.9 Å². The van der Waals surface area contributed by atoms with E-state index in [0.717, 1.165) is 36.2 Å². The summed E-state index contributed by atoms with van der Waals surface area (Å²) in [5.41, 5.74) is 2.38. The second-order valence-electron chi connectivity index (χ2n) is 6.22. The first kappa shape index (κ1) is 15.4. The van der Waals surface area contributed by atoms with Crippen LogP contribution in [0.2, 0.25) is 0 Å². The minimum absolute atomic E-state index is 0.0453. The van der Waals surface area contributed by atoms with Gasteiger partial charge >= 0.3 is 0 Å². The molecular weight excluding hydrogens is 316 g/mol. The summed E-state index contributed by atoms with van der Waals surface area (Å²) >= 11 is 1.58. The Hall–Kier alpha value is -2.17. The van der Waals surface area contributed by atoms with Crippen molar-refractivity contribution in [2.45, 2.75) is 18.9 Å². The van der Waals surface area contributed by atoms with Gasteiger partial charge in [-0.1, -0.05) is 48.5 Å². The Balaban J connectivity index is 1.64. The molecule has 0 aliphatic carbocycles.